The third-order valence-corrected chi connectivity index (χ3v) is 5.50. The monoisotopic (exact) mass is 373 g/mol. The van der Waals surface area contributed by atoms with Crippen molar-refractivity contribution >= 4 is 40.4 Å². The molecule has 1 aromatic carbocycles. The molecular formula is C18H19N3O2S2. The summed E-state index contributed by atoms with van der Waals surface area (Å²) in [7, 11) is 1.62. The first-order valence-electron chi connectivity index (χ1n) is 7.96. The number of nitrogens with one attached hydrogen (secondary N) is 2. The van der Waals surface area contributed by atoms with Gasteiger partial charge in [-0.2, -0.15) is 0 Å². The predicted octanol–water partition coefficient (Wildman–Crippen LogP) is 3.78. The first kappa shape index (κ1) is 17.6. The maximum Gasteiger partial charge on any atom is 0.261 e. The summed E-state index contributed by atoms with van der Waals surface area (Å²) < 4.78 is 1.71. The Morgan fingerprint density at radius 1 is 1.32 bits per heavy atom. The molecule has 130 valence electrons. The fourth-order valence-corrected chi connectivity index (χ4v) is 3.85. The summed E-state index contributed by atoms with van der Waals surface area (Å²) in [6.07, 6.45) is 0. The summed E-state index contributed by atoms with van der Waals surface area (Å²) in [6.45, 7) is 4.15. The predicted molar refractivity (Wildman–Crippen MR) is 104 cm³/mol. The number of hydrogen-bond donors (Lipinski definition) is 2. The van der Waals surface area contributed by atoms with E-state index in [0.29, 0.717) is 21.2 Å². The van der Waals surface area contributed by atoms with E-state index in [1.165, 1.54) is 4.57 Å². The van der Waals surface area contributed by atoms with Crippen LogP contribution in [0, 0.1) is 10.7 Å². The number of aromatic nitrogens is 2. The highest BCUT2D eigenvalue weighted by Crippen LogP contribution is 2.26. The van der Waals surface area contributed by atoms with Gasteiger partial charge in [0.1, 0.15) is 0 Å². The highest BCUT2D eigenvalue weighted by atomic mass is 32.1. The average molecular weight is 374 g/mol. The Bertz CT molecular complexity index is 1030. The van der Waals surface area contributed by atoms with Crippen LogP contribution in [-0.4, -0.2) is 15.5 Å². The molecule has 0 aliphatic rings. The molecule has 0 aliphatic heterocycles. The number of carbonyl (C=O) groups excluding carboxylic acids is 1. The molecule has 3 rings (SSSR count). The van der Waals surface area contributed by atoms with Crippen molar-refractivity contribution in [2.45, 2.75) is 19.9 Å². The number of thiophene rings is 1. The first-order valence-corrected chi connectivity index (χ1v) is 9.24. The summed E-state index contributed by atoms with van der Waals surface area (Å²) in [5.41, 5.74) is 0.885. The molecule has 2 aromatic heterocycles. The number of aromatic amines is 1. The number of benzene rings is 1. The Morgan fingerprint density at radius 3 is 2.72 bits per heavy atom. The zero-order valence-corrected chi connectivity index (χ0v) is 15.8. The van der Waals surface area contributed by atoms with Crippen LogP contribution in [0.4, 0.5) is 0 Å². The van der Waals surface area contributed by atoms with Crippen molar-refractivity contribution in [2.75, 3.05) is 0 Å². The van der Waals surface area contributed by atoms with Gasteiger partial charge in [0, 0.05) is 17.5 Å². The van der Waals surface area contributed by atoms with Gasteiger partial charge in [-0.05, 0) is 47.8 Å². The lowest BCUT2D eigenvalue weighted by Gasteiger charge is -2.21. The van der Waals surface area contributed by atoms with Gasteiger partial charge in [0.05, 0.1) is 16.9 Å². The molecule has 0 radical (unpaired) electrons. The summed E-state index contributed by atoms with van der Waals surface area (Å²) in [4.78, 5) is 29.1. The molecule has 0 bridgehead atoms. The number of rotatable bonds is 4. The van der Waals surface area contributed by atoms with Crippen molar-refractivity contribution in [3.8, 4) is 0 Å². The Labute approximate surface area is 154 Å². The largest absolute Gasteiger partial charge is 0.344 e. The van der Waals surface area contributed by atoms with Gasteiger partial charge in [-0.3, -0.25) is 14.2 Å². The Kier molecular flexibility index (Phi) is 4.87. The van der Waals surface area contributed by atoms with E-state index in [9.17, 15) is 9.59 Å². The van der Waals surface area contributed by atoms with Gasteiger partial charge in [-0.1, -0.05) is 19.9 Å². The number of carbonyl (C=O) groups is 1. The third-order valence-electron chi connectivity index (χ3n) is 4.17. The maximum atomic E-state index is 12.7. The van der Waals surface area contributed by atoms with Gasteiger partial charge in [-0.15, -0.1) is 11.3 Å². The molecule has 2 heterocycles. The SMILES string of the molecule is CC(C)[C@@H](NC(=O)c1ccc2c(=O)n(C)c(=S)[nH]c2c1)c1cccs1. The standard InChI is InChI=1S/C18H19N3O2S2/c1-10(2)15(14-5-4-8-25-14)20-16(22)11-6-7-12-13(9-11)19-18(24)21(3)17(12)23/h4-10,15H,1-3H3,(H,19,24)(H,20,22)/t15-/m1/s1. The van der Waals surface area contributed by atoms with Gasteiger partial charge >= 0.3 is 0 Å². The molecule has 5 nitrogen and oxygen atoms in total. The summed E-state index contributed by atoms with van der Waals surface area (Å²) in [6, 6.07) is 8.96. The normalized spacial score (nSPS) is 12.5. The van der Waals surface area contributed by atoms with Gasteiger partial charge in [0.15, 0.2) is 4.77 Å². The molecule has 1 atom stereocenters. The van der Waals surface area contributed by atoms with Gasteiger partial charge in [0.25, 0.3) is 11.5 Å². The Hall–Kier alpha value is -2.25. The number of nitrogens with zero attached hydrogens (tertiary/aromatic N) is 1. The van der Waals surface area contributed by atoms with E-state index in [1.54, 1.807) is 36.6 Å². The molecule has 1 amide bonds. The second-order valence-corrected chi connectivity index (χ2v) is 7.63. The van der Waals surface area contributed by atoms with Crippen LogP contribution in [-0.2, 0) is 7.05 Å². The van der Waals surface area contributed by atoms with Crippen LogP contribution in [0.25, 0.3) is 10.9 Å². The number of fused-ring (bicyclic) bond motifs is 1. The van der Waals surface area contributed by atoms with E-state index in [1.807, 2.05) is 17.5 Å². The van der Waals surface area contributed by atoms with Crippen LogP contribution in [0.15, 0.2) is 40.5 Å². The summed E-state index contributed by atoms with van der Waals surface area (Å²) in [5, 5.41) is 5.60. The van der Waals surface area contributed by atoms with Gasteiger partial charge in [0.2, 0.25) is 0 Å². The molecule has 0 spiro atoms. The van der Waals surface area contributed by atoms with E-state index in [-0.39, 0.29) is 23.4 Å². The van der Waals surface area contributed by atoms with Crippen LogP contribution >= 0.6 is 23.6 Å². The van der Waals surface area contributed by atoms with Crippen LogP contribution in [0.2, 0.25) is 0 Å². The number of hydrogen-bond acceptors (Lipinski definition) is 4. The van der Waals surface area contributed by atoms with Crippen LogP contribution in [0.1, 0.15) is 35.1 Å². The molecule has 25 heavy (non-hydrogen) atoms. The minimum Gasteiger partial charge on any atom is -0.344 e. The maximum absolute atomic E-state index is 12.7. The van der Waals surface area contributed by atoms with Crippen molar-refractivity contribution < 1.29 is 4.79 Å². The molecular weight excluding hydrogens is 354 g/mol. The minimum absolute atomic E-state index is 0.0506. The molecule has 0 fully saturated rings. The Morgan fingerprint density at radius 2 is 2.08 bits per heavy atom. The van der Waals surface area contributed by atoms with Crippen molar-refractivity contribution in [3.05, 3.63) is 61.3 Å². The molecule has 7 heteroatoms. The van der Waals surface area contributed by atoms with Crippen molar-refractivity contribution in [1.29, 1.82) is 0 Å². The fourth-order valence-electron chi connectivity index (χ4n) is 2.71. The van der Waals surface area contributed by atoms with E-state index < -0.39 is 0 Å². The molecule has 0 unspecified atom stereocenters. The first-order chi connectivity index (χ1) is 11.9. The fraction of sp³-hybridized carbons (Fsp3) is 0.278. The molecule has 0 saturated heterocycles. The number of amides is 1. The van der Waals surface area contributed by atoms with Crippen molar-refractivity contribution in [1.82, 2.24) is 14.9 Å². The lowest BCUT2D eigenvalue weighted by atomic mass is 10.0. The van der Waals surface area contributed by atoms with E-state index in [0.717, 1.165) is 4.88 Å². The zero-order valence-electron chi connectivity index (χ0n) is 14.2. The van der Waals surface area contributed by atoms with E-state index in [4.69, 9.17) is 12.2 Å². The zero-order chi connectivity index (χ0) is 18.1. The summed E-state index contributed by atoms with van der Waals surface area (Å²) in [5.74, 6) is 0.0927. The van der Waals surface area contributed by atoms with Crippen LogP contribution < -0.4 is 10.9 Å². The number of H-pyrrole nitrogens is 1. The van der Waals surface area contributed by atoms with E-state index >= 15 is 0 Å². The molecule has 3 aromatic rings. The Balaban J connectivity index is 1.96. The highest BCUT2D eigenvalue weighted by Gasteiger charge is 2.20. The van der Waals surface area contributed by atoms with Crippen LogP contribution in [0.3, 0.4) is 0 Å². The second-order valence-electron chi connectivity index (χ2n) is 6.27. The lowest BCUT2D eigenvalue weighted by Crippen LogP contribution is -2.31. The quantitative estimate of drug-likeness (QED) is 0.684. The van der Waals surface area contributed by atoms with Crippen molar-refractivity contribution in [3.63, 3.8) is 0 Å². The summed E-state index contributed by atoms with van der Waals surface area (Å²) >= 11 is 6.77. The third kappa shape index (κ3) is 3.43. The second kappa shape index (κ2) is 6.93. The highest BCUT2D eigenvalue weighted by molar-refractivity contribution is 7.71. The minimum atomic E-state index is -0.177. The topological polar surface area (TPSA) is 66.9 Å². The van der Waals surface area contributed by atoms with Crippen LogP contribution in [0.5, 0.6) is 0 Å². The van der Waals surface area contributed by atoms with Crippen molar-refractivity contribution in [2.24, 2.45) is 13.0 Å². The molecule has 0 aliphatic carbocycles. The smallest absolute Gasteiger partial charge is 0.261 e. The molecule has 2 N–H and O–H groups in total. The average Bonchev–Trinajstić information content (AvgIpc) is 3.10. The van der Waals surface area contributed by atoms with Gasteiger partial charge in [-0.25, -0.2) is 0 Å². The van der Waals surface area contributed by atoms with E-state index in [2.05, 4.69) is 24.1 Å². The van der Waals surface area contributed by atoms with Gasteiger partial charge < -0.3 is 10.3 Å². The lowest BCUT2D eigenvalue weighted by molar-refractivity contribution is 0.0926. The molecule has 0 saturated carbocycles.